The van der Waals surface area contributed by atoms with Crippen LogP contribution in [0.15, 0.2) is 24.5 Å². The number of rotatable bonds is 1. The van der Waals surface area contributed by atoms with Gasteiger partial charge in [-0.1, -0.05) is 11.6 Å². The molecule has 18 heavy (non-hydrogen) atoms. The van der Waals surface area contributed by atoms with Gasteiger partial charge in [-0.05, 0) is 30.7 Å². The van der Waals surface area contributed by atoms with Crippen molar-refractivity contribution in [3.63, 3.8) is 0 Å². The highest BCUT2D eigenvalue weighted by Crippen LogP contribution is 2.26. The molecule has 0 spiro atoms. The van der Waals surface area contributed by atoms with Crippen LogP contribution in [0.1, 0.15) is 5.56 Å². The van der Waals surface area contributed by atoms with Gasteiger partial charge in [0.25, 0.3) is 0 Å². The van der Waals surface area contributed by atoms with Crippen molar-refractivity contribution in [3.05, 3.63) is 35.1 Å². The summed E-state index contributed by atoms with van der Waals surface area (Å²) in [6.45, 7) is 1.98. The van der Waals surface area contributed by atoms with Crippen LogP contribution in [0.4, 0.5) is 5.82 Å². The number of hydrogen-bond acceptors (Lipinski definition) is 4. The fraction of sp³-hybridized carbons (Fsp3) is 0.0833. The Labute approximate surface area is 108 Å². The van der Waals surface area contributed by atoms with Crippen molar-refractivity contribution in [2.45, 2.75) is 6.92 Å². The number of nitrogens with zero attached hydrogens (tertiary/aromatic N) is 3. The molecule has 0 aliphatic carbocycles. The third-order valence-electron chi connectivity index (χ3n) is 2.76. The lowest BCUT2D eigenvalue weighted by Crippen LogP contribution is -1.91. The van der Waals surface area contributed by atoms with Gasteiger partial charge in [0.2, 0.25) is 0 Å². The Morgan fingerprint density at radius 3 is 2.83 bits per heavy atom. The van der Waals surface area contributed by atoms with Crippen LogP contribution in [0.5, 0.6) is 0 Å². The topological polar surface area (TPSA) is 80.5 Å². The summed E-state index contributed by atoms with van der Waals surface area (Å²) in [6.07, 6.45) is 1.40. The fourth-order valence-corrected chi connectivity index (χ4v) is 2.09. The van der Waals surface area contributed by atoms with E-state index < -0.39 is 0 Å². The first-order valence-electron chi connectivity index (χ1n) is 5.38. The normalized spacial score (nSPS) is 11.0. The monoisotopic (exact) mass is 259 g/mol. The summed E-state index contributed by atoms with van der Waals surface area (Å²) in [5, 5.41) is 0.701. The molecule has 0 aliphatic rings. The number of halogens is 1. The number of imidazole rings is 1. The summed E-state index contributed by atoms with van der Waals surface area (Å²) in [7, 11) is 0. The SMILES string of the molecule is Cc1cc(Cl)ccc1-c1nc2ncnc(N)c2[nH]1. The lowest BCUT2D eigenvalue weighted by atomic mass is 10.1. The second-order valence-electron chi connectivity index (χ2n) is 4.00. The molecule has 2 heterocycles. The largest absolute Gasteiger partial charge is 0.382 e. The molecule has 0 atom stereocenters. The maximum Gasteiger partial charge on any atom is 0.183 e. The summed E-state index contributed by atoms with van der Waals surface area (Å²) in [4.78, 5) is 15.5. The van der Waals surface area contributed by atoms with E-state index in [0.29, 0.717) is 27.8 Å². The maximum absolute atomic E-state index is 5.94. The Morgan fingerprint density at radius 2 is 2.11 bits per heavy atom. The predicted molar refractivity (Wildman–Crippen MR) is 71.3 cm³/mol. The van der Waals surface area contributed by atoms with E-state index in [1.54, 1.807) is 0 Å². The van der Waals surface area contributed by atoms with Crippen molar-refractivity contribution in [3.8, 4) is 11.4 Å². The van der Waals surface area contributed by atoms with Crippen molar-refractivity contribution in [1.29, 1.82) is 0 Å². The maximum atomic E-state index is 5.94. The average molecular weight is 260 g/mol. The Kier molecular flexibility index (Phi) is 2.41. The number of aryl methyl sites for hydroxylation is 1. The Bertz CT molecular complexity index is 734. The number of nitrogens with one attached hydrogen (secondary N) is 1. The van der Waals surface area contributed by atoms with E-state index >= 15 is 0 Å². The first-order valence-corrected chi connectivity index (χ1v) is 5.75. The van der Waals surface area contributed by atoms with Crippen molar-refractivity contribution in [1.82, 2.24) is 19.9 Å². The Balaban J connectivity index is 2.23. The predicted octanol–water partition coefficient (Wildman–Crippen LogP) is 2.56. The summed E-state index contributed by atoms with van der Waals surface area (Å²) < 4.78 is 0. The molecule has 0 radical (unpaired) electrons. The number of aromatic amines is 1. The van der Waals surface area contributed by atoms with Crippen molar-refractivity contribution < 1.29 is 0 Å². The molecule has 0 amide bonds. The van der Waals surface area contributed by atoms with Crippen LogP contribution in [0, 0.1) is 6.92 Å². The van der Waals surface area contributed by atoms with Gasteiger partial charge in [0.05, 0.1) is 0 Å². The van der Waals surface area contributed by atoms with E-state index in [-0.39, 0.29) is 0 Å². The van der Waals surface area contributed by atoms with E-state index in [0.717, 1.165) is 11.1 Å². The molecule has 0 aliphatic heterocycles. The molecule has 0 unspecified atom stereocenters. The van der Waals surface area contributed by atoms with Crippen LogP contribution in [-0.4, -0.2) is 19.9 Å². The number of H-pyrrole nitrogens is 1. The molecule has 2 aromatic heterocycles. The van der Waals surface area contributed by atoms with E-state index in [1.165, 1.54) is 6.33 Å². The highest BCUT2D eigenvalue weighted by atomic mass is 35.5. The Hall–Kier alpha value is -2.14. The van der Waals surface area contributed by atoms with Gasteiger partial charge in [-0.15, -0.1) is 0 Å². The molecule has 3 aromatic rings. The molecule has 1 aromatic carbocycles. The van der Waals surface area contributed by atoms with Crippen LogP contribution < -0.4 is 5.73 Å². The number of nitrogen functional groups attached to an aromatic ring is 1. The lowest BCUT2D eigenvalue weighted by molar-refractivity contribution is 1.21. The van der Waals surface area contributed by atoms with Gasteiger partial charge in [0.1, 0.15) is 17.7 Å². The zero-order chi connectivity index (χ0) is 12.7. The minimum atomic E-state index is 0.394. The van der Waals surface area contributed by atoms with Crippen LogP contribution in [-0.2, 0) is 0 Å². The van der Waals surface area contributed by atoms with Crippen molar-refractivity contribution in [2.75, 3.05) is 5.73 Å². The molecule has 3 N–H and O–H groups in total. The second-order valence-corrected chi connectivity index (χ2v) is 4.44. The molecule has 6 heteroatoms. The van der Waals surface area contributed by atoms with Gasteiger partial charge in [-0.25, -0.2) is 15.0 Å². The highest BCUT2D eigenvalue weighted by Gasteiger charge is 2.10. The van der Waals surface area contributed by atoms with Crippen LogP contribution in [0.25, 0.3) is 22.6 Å². The minimum absolute atomic E-state index is 0.394. The first kappa shape index (κ1) is 11.0. The van der Waals surface area contributed by atoms with E-state index in [2.05, 4.69) is 19.9 Å². The van der Waals surface area contributed by atoms with E-state index in [1.807, 2.05) is 25.1 Å². The van der Waals surface area contributed by atoms with Gasteiger partial charge in [0.15, 0.2) is 11.5 Å². The Morgan fingerprint density at radius 1 is 1.28 bits per heavy atom. The van der Waals surface area contributed by atoms with Gasteiger partial charge in [-0.2, -0.15) is 0 Å². The molecule has 3 rings (SSSR count). The number of anilines is 1. The van der Waals surface area contributed by atoms with E-state index in [4.69, 9.17) is 17.3 Å². The van der Waals surface area contributed by atoms with Crippen LogP contribution in [0.3, 0.4) is 0 Å². The van der Waals surface area contributed by atoms with Gasteiger partial charge < -0.3 is 10.7 Å². The third-order valence-corrected chi connectivity index (χ3v) is 3.00. The number of hydrogen-bond donors (Lipinski definition) is 2. The summed E-state index contributed by atoms with van der Waals surface area (Å²) in [6, 6.07) is 5.63. The first-order chi connectivity index (χ1) is 8.65. The number of benzene rings is 1. The summed E-state index contributed by atoms with van der Waals surface area (Å²) >= 11 is 5.94. The minimum Gasteiger partial charge on any atom is -0.382 e. The second kappa shape index (κ2) is 3.96. The van der Waals surface area contributed by atoms with Crippen molar-refractivity contribution >= 4 is 28.6 Å². The summed E-state index contributed by atoms with van der Waals surface area (Å²) in [5.41, 5.74) is 8.99. The number of fused-ring (bicyclic) bond motifs is 1. The van der Waals surface area contributed by atoms with Crippen LogP contribution in [0.2, 0.25) is 5.02 Å². The highest BCUT2D eigenvalue weighted by molar-refractivity contribution is 6.30. The van der Waals surface area contributed by atoms with Gasteiger partial charge >= 0.3 is 0 Å². The fourth-order valence-electron chi connectivity index (χ4n) is 1.87. The number of nitrogens with two attached hydrogens (primary N) is 1. The van der Waals surface area contributed by atoms with Crippen molar-refractivity contribution in [2.24, 2.45) is 0 Å². The smallest absolute Gasteiger partial charge is 0.183 e. The quantitative estimate of drug-likeness (QED) is 0.704. The molecular weight excluding hydrogens is 250 g/mol. The summed E-state index contributed by atoms with van der Waals surface area (Å²) in [5.74, 6) is 1.11. The van der Waals surface area contributed by atoms with Gasteiger partial charge in [0, 0.05) is 10.6 Å². The third kappa shape index (κ3) is 1.69. The molecule has 0 saturated carbocycles. The standard InChI is InChI=1S/C12H10ClN5/c1-6-4-7(13)2-3-8(6)11-17-9-10(14)15-5-16-12(9)18-11/h2-5H,1H3,(H3,14,15,16,17,18). The molecule has 5 nitrogen and oxygen atoms in total. The van der Waals surface area contributed by atoms with Crippen LogP contribution >= 0.6 is 11.6 Å². The average Bonchev–Trinajstić information content (AvgIpc) is 2.74. The molecule has 0 bridgehead atoms. The van der Waals surface area contributed by atoms with E-state index in [9.17, 15) is 0 Å². The molecule has 0 fully saturated rings. The zero-order valence-electron chi connectivity index (χ0n) is 9.61. The van der Waals surface area contributed by atoms with Gasteiger partial charge in [-0.3, -0.25) is 0 Å². The lowest BCUT2D eigenvalue weighted by Gasteiger charge is -2.02. The molecule has 90 valence electrons. The number of aromatic nitrogens is 4. The molecular formula is C12H10ClN5. The molecule has 0 saturated heterocycles. The zero-order valence-corrected chi connectivity index (χ0v) is 10.4.